The summed E-state index contributed by atoms with van der Waals surface area (Å²) in [6.07, 6.45) is -0.255. The summed E-state index contributed by atoms with van der Waals surface area (Å²) in [4.78, 5) is 64.0. The van der Waals surface area contributed by atoms with Crippen molar-refractivity contribution < 1.29 is 24.1 Å². The van der Waals surface area contributed by atoms with Gasteiger partial charge in [-0.05, 0) is 48.0 Å². The van der Waals surface area contributed by atoms with Gasteiger partial charge in [-0.1, -0.05) is 29.8 Å². The van der Waals surface area contributed by atoms with E-state index in [1.807, 2.05) is 0 Å². The van der Waals surface area contributed by atoms with Crippen molar-refractivity contribution in [2.75, 3.05) is 10.2 Å². The van der Waals surface area contributed by atoms with E-state index in [-0.39, 0.29) is 30.1 Å². The molecule has 1 saturated heterocycles. The summed E-state index contributed by atoms with van der Waals surface area (Å²) < 4.78 is 0. The average molecular weight is 521 g/mol. The van der Waals surface area contributed by atoms with Gasteiger partial charge in [0.05, 0.1) is 17.0 Å². The lowest BCUT2D eigenvalue weighted by Gasteiger charge is -2.28. The number of halogens is 1. The van der Waals surface area contributed by atoms with Crippen LogP contribution in [-0.2, 0) is 20.9 Å². The zero-order valence-corrected chi connectivity index (χ0v) is 20.3. The molecule has 1 aliphatic rings. The number of hydrogen-bond acceptors (Lipinski definition) is 6. The number of rotatable bonds is 7. The molecule has 1 fully saturated rings. The maximum Gasteiger partial charge on any atom is 0.269 e. The first-order valence-corrected chi connectivity index (χ1v) is 11.6. The van der Waals surface area contributed by atoms with E-state index >= 15 is 0 Å². The van der Waals surface area contributed by atoms with Gasteiger partial charge in [-0.2, -0.15) is 0 Å². The number of amides is 4. The maximum absolute atomic E-state index is 13.6. The van der Waals surface area contributed by atoms with Crippen LogP contribution in [0.4, 0.5) is 17.1 Å². The quantitative estimate of drug-likeness (QED) is 0.282. The highest BCUT2D eigenvalue weighted by Crippen LogP contribution is 2.30. The summed E-state index contributed by atoms with van der Waals surface area (Å²) in [6.45, 7) is 1.30. The average Bonchev–Trinajstić information content (AvgIpc) is 3.16. The van der Waals surface area contributed by atoms with E-state index in [1.165, 1.54) is 48.2 Å². The summed E-state index contributed by atoms with van der Waals surface area (Å²) >= 11 is 6.32. The van der Waals surface area contributed by atoms with Crippen LogP contribution in [-0.4, -0.2) is 39.5 Å². The van der Waals surface area contributed by atoms with Crippen molar-refractivity contribution >= 4 is 52.3 Å². The van der Waals surface area contributed by atoms with Crippen LogP contribution in [0.5, 0.6) is 0 Å². The van der Waals surface area contributed by atoms with Gasteiger partial charge >= 0.3 is 0 Å². The van der Waals surface area contributed by atoms with Gasteiger partial charge in [0, 0.05) is 41.9 Å². The van der Waals surface area contributed by atoms with Gasteiger partial charge in [-0.3, -0.25) is 29.3 Å². The highest BCUT2D eigenvalue weighted by Gasteiger charge is 2.44. The number of hydrogen-bond donors (Lipinski definition) is 1. The topological polar surface area (TPSA) is 130 Å². The molecule has 0 saturated carbocycles. The van der Waals surface area contributed by atoms with Gasteiger partial charge in [-0.25, -0.2) is 4.90 Å². The predicted octanol–water partition coefficient (Wildman–Crippen LogP) is 4.18. The van der Waals surface area contributed by atoms with Crippen molar-refractivity contribution in [1.82, 2.24) is 4.90 Å². The van der Waals surface area contributed by atoms with E-state index in [4.69, 9.17) is 11.6 Å². The van der Waals surface area contributed by atoms with Crippen molar-refractivity contribution in [2.24, 2.45) is 0 Å². The van der Waals surface area contributed by atoms with Crippen LogP contribution in [0.25, 0.3) is 0 Å². The Balaban J connectivity index is 1.66. The molecule has 3 aromatic carbocycles. The predicted molar refractivity (Wildman–Crippen MR) is 136 cm³/mol. The molecule has 0 bridgehead atoms. The molecule has 0 spiro atoms. The fourth-order valence-electron chi connectivity index (χ4n) is 4.05. The zero-order chi connectivity index (χ0) is 26.7. The lowest BCUT2D eigenvalue weighted by Crippen LogP contribution is -2.45. The van der Waals surface area contributed by atoms with Gasteiger partial charge in [0.1, 0.15) is 6.04 Å². The van der Waals surface area contributed by atoms with Crippen molar-refractivity contribution in [3.8, 4) is 0 Å². The molecule has 1 N–H and O–H groups in total. The molecular formula is C26H21ClN4O6. The Hall–Kier alpha value is -4.57. The second-order valence-corrected chi connectivity index (χ2v) is 8.75. The number of anilines is 2. The standard InChI is InChI=1S/C26H21ClN4O6/c1-16(32)28-19-8-12-20(13-9-19)30-24(33)14-23(26(30)35)29(15-18-4-2-3-5-22(18)27)25(34)17-6-10-21(11-7-17)31(36)37/h2-13,23H,14-15H2,1H3,(H,28,32). The molecule has 10 nitrogen and oxygen atoms in total. The number of carbonyl (C=O) groups excluding carboxylic acids is 4. The number of nitrogens with zero attached hydrogens (tertiary/aromatic N) is 3. The third-order valence-corrected chi connectivity index (χ3v) is 6.20. The largest absolute Gasteiger partial charge is 0.326 e. The molecule has 188 valence electrons. The minimum atomic E-state index is -1.12. The Bertz CT molecular complexity index is 1390. The highest BCUT2D eigenvalue weighted by molar-refractivity contribution is 6.31. The molecule has 1 atom stereocenters. The van der Waals surface area contributed by atoms with Crippen molar-refractivity contribution in [3.05, 3.63) is 99.1 Å². The summed E-state index contributed by atoms with van der Waals surface area (Å²) in [5.74, 6) is -1.94. The minimum absolute atomic E-state index is 0.0610. The van der Waals surface area contributed by atoms with Crippen LogP contribution in [0.2, 0.25) is 5.02 Å². The second-order valence-electron chi connectivity index (χ2n) is 8.34. The third-order valence-electron chi connectivity index (χ3n) is 5.83. The number of benzene rings is 3. The summed E-state index contributed by atoms with van der Waals surface area (Å²) in [5.41, 5.74) is 1.30. The molecule has 4 rings (SSSR count). The van der Waals surface area contributed by atoms with Crippen LogP contribution >= 0.6 is 11.6 Å². The number of nitro groups is 1. The van der Waals surface area contributed by atoms with Crippen LogP contribution in [0, 0.1) is 10.1 Å². The second kappa shape index (κ2) is 10.6. The summed E-state index contributed by atoms with van der Waals surface area (Å²) in [6, 6.07) is 16.9. The SMILES string of the molecule is CC(=O)Nc1ccc(N2C(=O)CC(N(Cc3ccccc3Cl)C(=O)c3ccc([N+](=O)[O-])cc3)C2=O)cc1. The monoisotopic (exact) mass is 520 g/mol. The van der Waals surface area contributed by atoms with E-state index in [0.29, 0.717) is 22.0 Å². The summed E-state index contributed by atoms with van der Waals surface area (Å²) in [5, 5.41) is 14.0. The lowest BCUT2D eigenvalue weighted by molar-refractivity contribution is -0.384. The fourth-order valence-corrected chi connectivity index (χ4v) is 4.25. The lowest BCUT2D eigenvalue weighted by atomic mass is 10.1. The van der Waals surface area contributed by atoms with E-state index in [9.17, 15) is 29.3 Å². The van der Waals surface area contributed by atoms with Gasteiger partial charge in [-0.15, -0.1) is 0 Å². The molecule has 0 aliphatic carbocycles. The number of imide groups is 1. The van der Waals surface area contributed by atoms with Crippen LogP contribution in [0.15, 0.2) is 72.8 Å². The molecule has 0 aromatic heterocycles. The molecule has 11 heteroatoms. The third kappa shape index (κ3) is 5.49. The van der Waals surface area contributed by atoms with Gasteiger partial charge in [0.15, 0.2) is 0 Å². The van der Waals surface area contributed by atoms with Gasteiger partial charge in [0.25, 0.3) is 17.5 Å². The van der Waals surface area contributed by atoms with E-state index < -0.39 is 28.7 Å². The minimum Gasteiger partial charge on any atom is -0.326 e. The smallest absolute Gasteiger partial charge is 0.269 e. The fraction of sp³-hybridized carbons (Fsp3) is 0.154. The Morgan fingerprint density at radius 2 is 1.70 bits per heavy atom. The van der Waals surface area contributed by atoms with E-state index in [0.717, 1.165) is 4.90 Å². The Morgan fingerprint density at radius 3 is 2.30 bits per heavy atom. The molecule has 1 unspecified atom stereocenters. The van der Waals surface area contributed by atoms with Crippen molar-refractivity contribution in [3.63, 3.8) is 0 Å². The first-order chi connectivity index (χ1) is 17.7. The number of carbonyl (C=O) groups is 4. The maximum atomic E-state index is 13.6. The molecule has 37 heavy (non-hydrogen) atoms. The number of non-ortho nitro benzene ring substituents is 1. The Morgan fingerprint density at radius 1 is 1.05 bits per heavy atom. The molecule has 4 amide bonds. The normalized spacial score (nSPS) is 15.0. The van der Waals surface area contributed by atoms with Gasteiger partial charge in [0.2, 0.25) is 11.8 Å². The number of nitrogens with one attached hydrogen (secondary N) is 1. The van der Waals surface area contributed by atoms with Gasteiger partial charge < -0.3 is 10.2 Å². The number of nitro benzene ring substituents is 1. The molecule has 1 aliphatic heterocycles. The van der Waals surface area contributed by atoms with Crippen molar-refractivity contribution in [1.29, 1.82) is 0 Å². The Kier molecular flexibility index (Phi) is 7.30. The van der Waals surface area contributed by atoms with E-state index in [2.05, 4.69) is 5.32 Å². The van der Waals surface area contributed by atoms with Crippen LogP contribution in [0.1, 0.15) is 29.3 Å². The molecule has 0 radical (unpaired) electrons. The molecule has 1 heterocycles. The first kappa shape index (κ1) is 25.5. The Labute approximate surface area is 216 Å². The molecular weight excluding hydrogens is 500 g/mol. The zero-order valence-electron chi connectivity index (χ0n) is 19.6. The first-order valence-electron chi connectivity index (χ1n) is 11.2. The van der Waals surface area contributed by atoms with Crippen LogP contribution in [0.3, 0.4) is 0 Å². The van der Waals surface area contributed by atoms with E-state index in [1.54, 1.807) is 36.4 Å². The van der Waals surface area contributed by atoms with Crippen molar-refractivity contribution in [2.45, 2.75) is 25.9 Å². The highest BCUT2D eigenvalue weighted by atomic mass is 35.5. The van der Waals surface area contributed by atoms with Crippen LogP contribution < -0.4 is 10.2 Å². The molecule has 3 aromatic rings. The summed E-state index contributed by atoms with van der Waals surface area (Å²) in [7, 11) is 0.